The van der Waals surface area contributed by atoms with Crippen molar-refractivity contribution in [2.75, 3.05) is 0 Å². The third kappa shape index (κ3) is 13.6. The molecule has 0 saturated heterocycles. The fourth-order valence-electron chi connectivity index (χ4n) is 23.8. The highest BCUT2D eigenvalue weighted by Gasteiger charge is 2.41. The fourth-order valence-corrected chi connectivity index (χ4v) is 25.0. The summed E-state index contributed by atoms with van der Waals surface area (Å²) in [5, 5.41) is 39.0. The molecule has 0 fully saturated rings. The third-order valence-corrected chi connectivity index (χ3v) is 32.1. The first-order chi connectivity index (χ1) is 74.1. The van der Waals surface area contributed by atoms with Gasteiger partial charge in [-0.2, -0.15) is 5.26 Å². The number of fused-ring (bicyclic) bond motifs is 26. The SMILES string of the molecule is CC1(C)c2ccccc2-c2nc(-c3ccc4ccccc4c3)nc(-c3cccc4c(-n5c6ccccc6c6cc7ccccc7cc65)cccc34)c21.N#Cc1cc(-c2nc(-c3ccc4ccccc4c3)nc3c2sc2ccccc23)ccc1-n1c2ccccc2c2cc3ccccc3cc21.c1ccc2cc(-c3nc(-c4ccc(-n5c6ccccc6c6cc7ccccc7cc65)c5ccccc45)c4oc5ccccc5c4n3)ccc2c1. The Morgan fingerprint density at radius 2 is 0.607 bits per heavy atom. The fraction of sp³-hybridized carbons (Fsp3) is 0.0217. The van der Waals surface area contributed by atoms with Crippen molar-refractivity contribution in [3.63, 3.8) is 0 Å². The first-order valence-corrected chi connectivity index (χ1v) is 51.6. The van der Waals surface area contributed by atoms with Crippen LogP contribution in [0.1, 0.15) is 30.5 Å². The Hall–Kier alpha value is -19.7. The summed E-state index contributed by atoms with van der Waals surface area (Å²) in [6.45, 7) is 4.64. The van der Waals surface area contributed by atoms with Crippen molar-refractivity contribution in [1.29, 1.82) is 5.26 Å². The lowest BCUT2D eigenvalue weighted by Gasteiger charge is -2.24. The van der Waals surface area contributed by atoms with E-state index in [4.69, 9.17) is 34.3 Å². The largest absolute Gasteiger partial charge is 0.452 e. The predicted molar refractivity (Wildman–Crippen MR) is 624 cm³/mol. The summed E-state index contributed by atoms with van der Waals surface area (Å²) in [5.41, 5.74) is 26.8. The lowest BCUT2D eigenvalue weighted by Crippen LogP contribution is -2.17. The van der Waals surface area contributed by atoms with Crippen LogP contribution in [0.15, 0.2) is 478 Å². The second-order valence-corrected chi connectivity index (χ2v) is 40.8. The Bertz CT molecular complexity index is 11300. The van der Waals surface area contributed by atoms with Crippen molar-refractivity contribution in [2.24, 2.45) is 0 Å². The van der Waals surface area contributed by atoms with Gasteiger partial charge in [-0.1, -0.05) is 366 Å². The lowest BCUT2D eigenvalue weighted by molar-refractivity contribution is 0.658. The van der Waals surface area contributed by atoms with Crippen LogP contribution in [-0.2, 0) is 5.41 Å². The number of benzene rings is 23. The molecule has 0 saturated carbocycles. The topological polar surface area (TPSA) is 129 Å². The van der Waals surface area contributed by atoms with Gasteiger partial charge >= 0.3 is 0 Å². The Labute approximate surface area is 863 Å². The number of rotatable bonds is 9. The lowest BCUT2D eigenvalue weighted by atomic mass is 9.80. The molecular formula is C138H84N10OS. The van der Waals surface area contributed by atoms with Gasteiger partial charge in [0.05, 0.1) is 83.0 Å². The number of furan rings is 1. The smallest absolute Gasteiger partial charge is 0.180 e. The molecule has 0 N–H and O–H groups in total. The Morgan fingerprint density at radius 3 is 1.14 bits per heavy atom. The predicted octanol–water partition coefficient (Wildman–Crippen LogP) is 36.4. The second-order valence-electron chi connectivity index (χ2n) is 39.7. The highest BCUT2D eigenvalue weighted by atomic mass is 32.1. The average Bonchev–Trinajstić information content (AvgIpc) is 1.55. The normalized spacial score (nSPS) is 12.4. The van der Waals surface area contributed by atoms with Gasteiger partial charge in [0, 0.05) is 108 Å². The molecule has 1 aliphatic carbocycles. The van der Waals surface area contributed by atoms with Crippen molar-refractivity contribution in [3.05, 3.63) is 490 Å². The van der Waals surface area contributed by atoms with Crippen LogP contribution in [0.4, 0.5) is 0 Å². The molecule has 0 spiro atoms. The van der Waals surface area contributed by atoms with Gasteiger partial charge < -0.3 is 18.1 Å². The van der Waals surface area contributed by atoms with Crippen LogP contribution in [0.3, 0.4) is 0 Å². The number of para-hydroxylation sites is 4. The van der Waals surface area contributed by atoms with E-state index >= 15 is 0 Å². The molecule has 698 valence electrons. The van der Waals surface area contributed by atoms with E-state index in [9.17, 15) is 5.26 Å². The minimum atomic E-state index is -0.281. The van der Waals surface area contributed by atoms with Crippen LogP contribution in [0.25, 0.3) is 290 Å². The number of hydrogen-bond acceptors (Lipinski definition) is 9. The van der Waals surface area contributed by atoms with Crippen LogP contribution in [-0.4, -0.2) is 43.6 Å². The first-order valence-electron chi connectivity index (χ1n) is 50.8. The summed E-state index contributed by atoms with van der Waals surface area (Å²) < 4.78 is 15.9. The standard InChI is InChI=1S/C49H33N3.C46H27N3O.C43H24N4S/c1-49(2)41-22-9-7-18-39(41)47-45(49)46(50-48(51-47)34-26-25-30-13-3-4-14-31(30)27-34)38-21-11-20-36-35(38)19-12-24-43(36)52-42-23-10-8-17-37(42)40-28-32-15-5-6-16-33(32)29-44(40)52;1-2-12-29-25-32(22-21-28(29)11-1)46-47-43(45-44(48-46)37-18-8-10-20-42(37)50-45)36-23-24-40(34-16-6-5-15-33(34)36)49-39-19-9-7-17-35(39)38-26-30-13-3-4-14-31(30)27-41(38)49;44-25-32-22-30(19-20-36(32)47-37-15-7-5-13-33(37)35-23-28-11-3-4-12-29(28)24-38(35)47)40-42-41(34-14-6-8-16-39(34)48-42)46-43(45-40)31-18-17-26-9-1-2-10-27(26)21-31/h3-29H,1-2H3;1-27H;1-24H. The molecule has 0 aliphatic heterocycles. The molecule has 0 amide bonds. The molecule has 23 aromatic carbocycles. The molecule has 150 heavy (non-hydrogen) atoms. The molecule has 12 heteroatoms. The number of aromatic nitrogens is 9. The zero-order valence-corrected chi connectivity index (χ0v) is 82.1. The van der Waals surface area contributed by atoms with Crippen LogP contribution in [0.2, 0.25) is 0 Å². The number of nitrogens with zero attached hydrogens (tertiary/aromatic N) is 10. The third-order valence-electron chi connectivity index (χ3n) is 30.9. The molecule has 1 aliphatic rings. The summed E-state index contributed by atoms with van der Waals surface area (Å²) >= 11 is 1.70. The maximum absolute atomic E-state index is 10.7. The average molecular weight is 1930 g/mol. The van der Waals surface area contributed by atoms with Crippen molar-refractivity contribution in [2.45, 2.75) is 19.3 Å². The van der Waals surface area contributed by atoms with E-state index in [1.165, 1.54) is 130 Å². The summed E-state index contributed by atoms with van der Waals surface area (Å²) in [7, 11) is 0. The minimum Gasteiger partial charge on any atom is -0.452 e. The van der Waals surface area contributed by atoms with E-state index in [2.05, 4.69) is 483 Å². The van der Waals surface area contributed by atoms with E-state index in [0.29, 0.717) is 22.8 Å². The molecular weight excluding hydrogens is 1850 g/mol. The molecule has 11 nitrogen and oxygen atoms in total. The van der Waals surface area contributed by atoms with Crippen molar-refractivity contribution >= 4 is 205 Å². The van der Waals surface area contributed by atoms with Gasteiger partial charge in [-0.05, 0) is 202 Å². The highest BCUT2D eigenvalue weighted by Crippen LogP contribution is 2.54. The highest BCUT2D eigenvalue weighted by molar-refractivity contribution is 7.26. The van der Waals surface area contributed by atoms with Crippen molar-refractivity contribution < 1.29 is 4.42 Å². The second kappa shape index (κ2) is 34.0. The molecule has 0 bridgehead atoms. The Morgan fingerprint density at radius 1 is 0.247 bits per heavy atom. The maximum Gasteiger partial charge on any atom is 0.180 e. The number of hydrogen-bond donors (Lipinski definition) is 0. The molecule has 8 heterocycles. The minimum absolute atomic E-state index is 0.281. The molecule has 0 atom stereocenters. The van der Waals surface area contributed by atoms with Gasteiger partial charge in [-0.25, -0.2) is 29.9 Å². The number of thiophene rings is 1. The summed E-state index contributed by atoms with van der Waals surface area (Å²) in [4.78, 5) is 31.7. The van der Waals surface area contributed by atoms with E-state index < -0.39 is 0 Å². The summed E-state index contributed by atoms with van der Waals surface area (Å²) in [6.07, 6.45) is 0. The van der Waals surface area contributed by atoms with Gasteiger partial charge in [0.15, 0.2) is 23.1 Å². The zero-order chi connectivity index (χ0) is 99.1. The zero-order valence-electron chi connectivity index (χ0n) is 81.3. The molecule has 0 radical (unpaired) electrons. The van der Waals surface area contributed by atoms with E-state index in [1.54, 1.807) is 11.3 Å². The van der Waals surface area contributed by atoms with Gasteiger partial charge in [0.1, 0.15) is 22.9 Å². The van der Waals surface area contributed by atoms with Gasteiger partial charge in [0.25, 0.3) is 0 Å². The van der Waals surface area contributed by atoms with Crippen LogP contribution in [0, 0.1) is 11.3 Å². The van der Waals surface area contributed by atoms with E-state index in [-0.39, 0.29) is 5.41 Å². The van der Waals surface area contributed by atoms with Crippen LogP contribution >= 0.6 is 11.3 Å². The van der Waals surface area contributed by atoms with Gasteiger partial charge in [0.2, 0.25) is 0 Å². The monoisotopic (exact) mass is 1930 g/mol. The first kappa shape index (κ1) is 85.8. The number of nitriles is 1. The Kier molecular flexibility index (Phi) is 19.4. The summed E-state index contributed by atoms with van der Waals surface area (Å²) in [6, 6.07) is 171. The van der Waals surface area contributed by atoms with Gasteiger partial charge in [-0.3, -0.25) is 0 Å². The maximum atomic E-state index is 10.7. The van der Waals surface area contributed by atoms with Gasteiger partial charge in [-0.15, -0.1) is 11.3 Å². The summed E-state index contributed by atoms with van der Waals surface area (Å²) in [5.74, 6) is 2.09. The van der Waals surface area contributed by atoms with Crippen molar-refractivity contribution in [1.82, 2.24) is 43.6 Å². The van der Waals surface area contributed by atoms with E-state index in [0.717, 1.165) is 154 Å². The molecule has 8 aromatic heterocycles. The Balaban J connectivity index is 0.000000103. The molecule has 32 rings (SSSR count). The van der Waals surface area contributed by atoms with Crippen LogP contribution < -0.4 is 0 Å². The quantitative estimate of drug-likeness (QED) is 0.140. The van der Waals surface area contributed by atoms with E-state index in [1.807, 2.05) is 24.3 Å². The molecule has 31 aromatic rings. The van der Waals surface area contributed by atoms with Crippen LogP contribution in [0.5, 0.6) is 0 Å². The molecule has 0 unspecified atom stereocenters. The van der Waals surface area contributed by atoms with Crippen molar-refractivity contribution in [3.8, 4) is 102 Å².